The van der Waals surface area contributed by atoms with Gasteiger partial charge in [0.1, 0.15) is 51.4 Å². The normalized spacial score (nSPS) is 9.59. The first kappa shape index (κ1) is 108. The average molecular weight is 1850 g/mol. The molecule has 32 heteroatoms. The SMILES string of the molecule is C.C.C.C.CCOC(=O)c1cnc2ccc(-c3ccc(C)cc3OC)cn12.CCOC(=O)c1cnc2ccc(B(O)O)cn12.CCOC(=O)c1cnc2ccc(Br)cn12.COc1cc(C)ccc1-c1ccc2ncc(C(=O)O)n2c1.COc1cc(C)ccc1Br.COc1cc(C)ccc1Br.C[O-].Cc1ccc(Br)c(F)c1.[Na+].[Na+].[OH-]. The van der Waals surface area contributed by atoms with E-state index in [4.69, 9.17) is 48.3 Å². The maximum atomic E-state index is 12.5. The van der Waals surface area contributed by atoms with Crippen LogP contribution in [0.5, 0.6) is 23.0 Å². The fourth-order valence-corrected chi connectivity index (χ4v) is 11.2. The Kier molecular flexibility index (Phi) is 50.8. The van der Waals surface area contributed by atoms with Gasteiger partial charge in [-0.2, -0.15) is 7.11 Å². The molecule has 13 aromatic rings. The number of pyridine rings is 4. The van der Waals surface area contributed by atoms with Crippen LogP contribution in [0.25, 0.3) is 44.8 Å². The minimum atomic E-state index is -1.59. The van der Waals surface area contributed by atoms with Crippen LogP contribution in [0.1, 0.15) is 120 Å². The third-order valence-corrected chi connectivity index (χ3v) is 17.4. The molecule has 0 saturated heterocycles. The summed E-state index contributed by atoms with van der Waals surface area (Å²) in [5.41, 5.74) is 13.4. The molecular weight excluding hydrogens is 1750 g/mol. The topological polar surface area (TPSA) is 316 Å². The Morgan fingerprint density at radius 1 is 0.421 bits per heavy atom. The molecule has 0 saturated carbocycles. The number of rotatable bonds is 14. The molecule has 600 valence electrons. The van der Waals surface area contributed by atoms with Gasteiger partial charge in [0.15, 0.2) is 22.8 Å². The number of halogens is 5. The molecule has 0 bridgehead atoms. The van der Waals surface area contributed by atoms with E-state index in [1.165, 1.54) is 58.6 Å². The molecule has 0 radical (unpaired) electrons. The number of aryl methyl sites for hydroxylation is 5. The first-order valence-electron chi connectivity index (χ1n) is 32.6. The second-order valence-electron chi connectivity index (χ2n) is 22.6. The third kappa shape index (κ3) is 30.4. The van der Waals surface area contributed by atoms with Crippen molar-refractivity contribution in [3.8, 4) is 45.3 Å². The minimum absolute atomic E-state index is 0. The van der Waals surface area contributed by atoms with Crippen molar-refractivity contribution in [2.45, 2.75) is 85.1 Å². The predicted molar refractivity (Wildman–Crippen MR) is 451 cm³/mol. The Hall–Kier alpha value is -8.31. The Morgan fingerprint density at radius 3 is 1.04 bits per heavy atom. The molecule has 0 fully saturated rings. The van der Waals surface area contributed by atoms with Gasteiger partial charge in [-0.1, -0.05) is 78.2 Å². The molecule has 0 aliphatic rings. The molecule has 8 heterocycles. The van der Waals surface area contributed by atoms with Crippen molar-refractivity contribution in [2.24, 2.45) is 0 Å². The van der Waals surface area contributed by atoms with Crippen molar-refractivity contribution in [1.82, 2.24) is 37.5 Å². The van der Waals surface area contributed by atoms with E-state index in [-0.39, 0.29) is 136 Å². The van der Waals surface area contributed by atoms with Crippen molar-refractivity contribution in [3.05, 3.63) is 263 Å². The second-order valence-corrected chi connectivity index (χ2v) is 26.1. The van der Waals surface area contributed by atoms with E-state index in [0.29, 0.717) is 46.0 Å². The van der Waals surface area contributed by atoms with Crippen molar-refractivity contribution in [2.75, 3.05) is 55.4 Å². The van der Waals surface area contributed by atoms with Crippen LogP contribution in [0, 0.1) is 40.4 Å². The van der Waals surface area contributed by atoms with Crippen LogP contribution >= 0.6 is 63.7 Å². The molecule has 114 heavy (non-hydrogen) atoms. The number of aromatic carboxylic acids is 1. The number of nitrogens with zero attached hydrogens (tertiary/aromatic N) is 8. The number of carboxylic acid groups (broad SMARTS) is 1. The van der Waals surface area contributed by atoms with Crippen LogP contribution in [-0.2, 0) is 14.2 Å². The monoisotopic (exact) mass is 1840 g/mol. The number of ether oxygens (including phenoxy) is 7. The minimum Gasteiger partial charge on any atom is -0.870 e. The zero-order valence-corrected chi connectivity index (χ0v) is 73.6. The maximum Gasteiger partial charge on any atom is 1.00 e. The van der Waals surface area contributed by atoms with Gasteiger partial charge in [-0.25, -0.2) is 43.5 Å². The predicted octanol–water partition coefficient (Wildman–Crippen LogP) is 11.8. The first-order valence-corrected chi connectivity index (χ1v) is 35.8. The average Bonchev–Trinajstić information content (AvgIpc) is 1.58. The van der Waals surface area contributed by atoms with Gasteiger partial charge in [-0.15, -0.1) is 0 Å². The van der Waals surface area contributed by atoms with E-state index in [9.17, 15) is 28.7 Å². The quantitative estimate of drug-likeness (QED) is 0.0517. The zero-order valence-electron chi connectivity index (χ0n) is 63.3. The van der Waals surface area contributed by atoms with E-state index in [2.05, 4.69) is 83.7 Å². The number of fused-ring (bicyclic) bond motifs is 4. The summed E-state index contributed by atoms with van der Waals surface area (Å²) in [5, 5.41) is 35.6. The fraction of sp³-hybridized carbons (Fsp3) is 0.244. The Balaban J connectivity index is 0. The molecule has 0 amide bonds. The summed E-state index contributed by atoms with van der Waals surface area (Å²) in [5.74, 6) is 0.889. The molecule has 13 rings (SSSR count). The molecule has 24 nitrogen and oxygen atoms in total. The van der Waals surface area contributed by atoms with Crippen LogP contribution < -0.4 is 88.6 Å². The van der Waals surface area contributed by atoms with Gasteiger partial charge in [0.05, 0.1) is 86.5 Å². The summed E-state index contributed by atoms with van der Waals surface area (Å²) in [7, 11) is 5.77. The number of imidazole rings is 4. The van der Waals surface area contributed by atoms with Crippen LogP contribution in [-0.4, -0.2) is 145 Å². The van der Waals surface area contributed by atoms with Crippen LogP contribution in [0.4, 0.5) is 4.39 Å². The van der Waals surface area contributed by atoms with Gasteiger partial charge >= 0.3 is 90.1 Å². The van der Waals surface area contributed by atoms with E-state index in [1.807, 2.05) is 150 Å². The van der Waals surface area contributed by atoms with Gasteiger partial charge < -0.3 is 58.9 Å². The molecule has 0 unspecified atom stereocenters. The smallest absolute Gasteiger partial charge is 0.870 e. The summed E-state index contributed by atoms with van der Waals surface area (Å²) in [4.78, 5) is 62.8. The number of aromatic nitrogens is 8. The van der Waals surface area contributed by atoms with Crippen molar-refractivity contribution in [1.29, 1.82) is 0 Å². The van der Waals surface area contributed by atoms with Gasteiger partial charge in [0.2, 0.25) is 0 Å². The molecule has 5 aromatic carbocycles. The van der Waals surface area contributed by atoms with E-state index in [1.54, 1.807) is 93.0 Å². The maximum absolute atomic E-state index is 12.5. The summed E-state index contributed by atoms with van der Waals surface area (Å²) in [6.07, 6.45) is 12.7. The van der Waals surface area contributed by atoms with E-state index in [0.717, 1.165) is 88.1 Å². The second kappa shape index (κ2) is 53.8. The number of carboxylic acids is 1. The van der Waals surface area contributed by atoms with Crippen molar-refractivity contribution in [3.63, 3.8) is 0 Å². The summed E-state index contributed by atoms with van der Waals surface area (Å²) in [6, 6.07) is 43.3. The first-order chi connectivity index (χ1) is 51.3. The number of hydrogen-bond acceptors (Lipinski definition) is 19. The van der Waals surface area contributed by atoms with E-state index >= 15 is 0 Å². The van der Waals surface area contributed by atoms with Gasteiger partial charge in [0, 0.05) is 51.5 Å². The largest absolute Gasteiger partial charge is 1.00 e. The van der Waals surface area contributed by atoms with Crippen molar-refractivity contribution >= 4 is 123 Å². The molecule has 0 spiro atoms. The molecule has 0 atom stereocenters. The van der Waals surface area contributed by atoms with Crippen LogP contribution in [0.2, 0.25) is 0 Å². The molecule has 0 aliphatic heterocycles. The summed E-state index contributed by atoms with van der Waals surface area (Å²) < 4.78 is 58.3. The summed E-state index contributed by atoms with van der Waals surface area (Å²) in [6.45, 7) is 16.2. The standard InChI is InChI=1S/C18H18N2O3.C16H14N2O3.C10H11BN2O4.C10H9BrN2O2.2C8H9BrO.C7H6BrF.CH3O.4CH4.2Na.H2O/c1-4-23-18(21)15-10-19-17-8-6-13(11-20(15)17)14-7-5-12(2)9-16(14)22-3;1-10-3-5-12(14(7-10)21-2)11-4-6-15-17-8-13(16(19)20)18(15)9-11;1-2-17-10(14)8-5-12-9-4-3-7(11(15)16)6-13(8)9;1-2-15-10(14)8-5-12-9-4-3-7(11)6-13(8)9;2*1-6-3-4-7(9)8(5-6)10-2;1-5-2-3-6(8)7(9)4-5;1-2;;;;;;;/h5-11H,4H2,1-3H3;3-9H,1-2H3,(H,19,20);3-6,15-16H,2H2,1H3;3-6H,2H2,1H3;2*3-5H,1-2H3;2-4H,1H3;1H3;4*1H4;;;1H2/q;;;;;;;-1;;;;;2*+1;/p-1. The Morgan fingerprint density at radius 2 is 0.719 bits per heavy atom. The molecular formula is C82H96BBr4FN8Na2O16. The number of benzene rings is 5. The fourth-order valence-electron chi connectivity index (χ4n) is 9.82. The Bertz CT molecular complexity index is 5130. The molecule has 4 N–H and O–H groups in total. The van der Waals surface area contributed by atoms with Gasteiger partial charge in [-0.3, -0.25) is 17.6 Å². The van der Waals surface area contributed by atoms with Gasteiger partial charge in [0.25, 0.3) is 0 Å². The number of methoxy groups -OCH3 is 4. The van der Waals surface area contributed by atoms with Crippen molar-refractivity contribution < 1.29 is 142 Å². The van der Waals surface area contributed by atoms with Gasteiger partial charge in [-0.05, 0) is 243 Å². The molecule has 8 aromatic heterocycles. The number of hydrogen-bond donors (Lipinski definition) is 3. The van der Waals surface area contributed by atoms with E-state index < -0.39 is 19.1 Å². The van der Waals surface area contributed by atoms with Crippen LogP contribution in [0.15, 0.2) is 207 Å². The zero-order chi connectivity index (χ0) is 78.6. The number of carbonyl (C=O) groups is 4. The van der Waals surface area contributed by atoms with Crippen LogP contribution in [0.3, 0.4) is 0 Å². The Labute approximate surface area is 744 Å². The number of carbonyl (C=O) groups excluding carboxylic acids is 3. The molecule has 0 aliphatic carbocycles. The number of esters is 3. The summed E-state index contributed by atoms with van der Waals surface area (Å²) >= 11 is 13.1. The third-order valence-electron chi connectivity index (χ3n) is 15.0.